The summed E-state index contributed by atoms with van der Waals surface area (Å²) in [5.74, 6) is 0.734. The van der Waals surface area contributed by atoms with Crippen LogP contribution in [0.25, 0.3) is 0 Å². The van der Waals surface area contributed by atoms with E-state index in [2.05, 4.69) is 39.8 Å². The zero-order chi connectivity index (χ0) is 13.1. The van der Waals surface area contributed by atoms with Crippen molar-refractivity contribution in [2.45, 2.75) is 6.42 Å². The van der Waals surface area contributed by atoms with Crippen LogP contribution in [0.4, 0.5) is 5.69 Å². The second-order valence-electron chi connectivity index (χ2n) is 5.13. The molecule has 1 aromatic carbocycles. The standard InChI is InChI=1S/C14H19BrN2O/c1-16-6-5-12(8-16)9-17(2)14-4-3-11(10-18)7-13(14)15/h3-4,7,10,12H,5-6,8-9H2,1-2H3. The van der Waals surface area contributed by atoms with Crippen molar-refractivity contribution in [1.29, 1.82) is 0 Å². The fourth-order valence-corrected chi connectivity index (χ4v) is 3.27. The number of anilines is 1. The lowest BCUT2D eigenvalue weighted by atomic mass is 10.1. The Morgan fingerprint density at radius 3 is 2.89 bits per heavy atom. The molecule has 0 spiro atoms. The van der Waals surface area contributed by atoms with Crippen LogP contribution >= 0.6 is 15.9 Å². The molecular weight excluding hydrogens is 292 g/mol. The Morgan fingerprint density at radius 2 is 2.33 bits per heavy atom. The number of nitrogens with zero attached hydrogens (tertiary/aromatic N) is 2. The molecule has 1 aromatic rings. The van der Waals surface area contributed by atoms with Crippen LogP contribution in [0, 0.1) is 5.92 Å². The van der Waals surface area contributed by atoms with Gasteiger partial charge in [-0.25, -0.2) is 0 Å². The van der Waals surface area contributed by atoms with E-state index in [1.807, 2.05) is 18.2 Å². The normalized spacial score (nSPS) is 20.1. The van der Waals surface area contributed by atoms with Gasteiger partial charge in [0.1, 0.15) is 6.29 Å². The molecule has 4 heteroatoms. The number of aldehydes is 1. The third-order valence-electron chi connectivity index (χ3n) is 3.54. The molecule has 2 rings (SSSR count). The van der Waals surface area contributed by atoms with Crippen molar-refractivity contribution in [3.8, 4) is 0 Å². The second-order valence-corrected chi connectivity index (χ2v) is 5.98. The van der Waals surface area contributed by atoms with Crippen molar-refractivity contribution < 1.29 is 4.79 Å². The minimum absolute atomic E-state index is 0.708. The van der Waals surface area contributed by atoms with E-state index in [0.29, 0.717) is 5.56 Å². The van der Waals surface area contributed by atoms with Crippen molar-refractivity contribution in [3.05, 3.63) is 28.2 Å². The minimum atomic E-state index is 0.708. The zero-order valence-electron chi connectivity index (χ0n) is 10.9. The topological polar surface area (TPSA) is 23.6 Å². The number of rotatable bonds is 4. The lowest BCUT2D eigenvalue weighted by Gasteiger charge is -2.24. The van der Waals surface area contributed by atoms with Crippen molar-refractivity contribution in [1.82, 2.24) is 4.90 Å². The maximum absolute atomic E-state index is 10.7. The Balaban J connectivity index is 2.04. The summed E-state index contributed by atoms with van der Waals surface area (Å²) in [6.45, 7) is 3.43. The van der Waals surface area contributed by atoms with Crippen LogP contribution in [-0.4, -0.2) is 44.9 Å². The van der Waals surface area contributed by atoms with Gasteiger partial charge in [0.25, 0.3) is 0 Å². The number of halogens is 1. The molecule has 0 saturated carbocycles. The van der Waals surface area contributed by atoms with E-state index in [4.69, 9.17) is 0 Å². The maximum Gasteiger partial charge on any atom is 0.150 e. The molecule has 1 atom stereocenters. The van der Waals surface area contributed by atoms with E-state index in [-0.39, 0.29) is 0 Å². The predicted octanol–water partition coefficient (Wildman–Crippen LogP) is 2.65. The van der Waals surface area contributed by atoms with Gasteiger partial charge in [0, 0.05) is 30.2 Å². The highest BCUT2D eigenvalue weighted by Crippen LogP contribution is 2.27. The molecule has 0 radical (unpaired) electrons. The molecule has 0 aromatic heterocycles. The van der Waals surface area contributed by atoms with Crippen LogP contribution in [0.2, 0.25) is 0 Å². The van der Waals surface area contributed by atoms with E-state index in [0.717, 1.165) is 28.9 Å². The van der Waals surface area contributed by atoms with Crippen LogP contribution < -0.4 is 4.90 Å². The van der Waals surface area contributed by atoms with Gasteiger partial charge in [-0.15, -0.1) is 0 Å². The lowest BCUT2D eigenvalue weighted by molar-refractivity contribution is 0.112. The maximum atomic E-state index is 10.7. The summed E-state index contributed by atoms with van der Waals surface area (Å²) in [5, 5.41) is 0. The molecule has 98 valence electrons. The second kappa shape index (κ2) is 5.85. The predicted molar refractivity (Wildman–Crippen MR) is 78.4 cm³/mol. The number of hydrogen-bond donors (Lipinski definition) is 0. The Morgan fingerprint density at radius 1 is 1.56 bits per heavy atom. The molecule has 1 aliphatic rings. The SMILES string of the molecule is CN1CCC(CN(C)c2ccc(C=O)cc2Br)C1. The molecule has 0 bridgehead atoms. The smallest absolute Gasteiger partial charge is 0.150 e. The first-order chi connectivity index (χ1) is 8.60. The lowest BCUT2D eigenvalue weighted by Crippen LogP contribution is -2.27. The van der Waals surface area contributed by atoms with Gasteiger partial charge >= 0.3 is 0 Å². The van der Waals surface area contributed by atoms with E-state index in [1.54, 1.807) is 0 Å². The van der Waals surface area contributed by atoms with Crippen LogP contribution in [0.15, 0.2) is 22.7 Å². The summed E-state index contributed by atoms with van der Waals surface area (Å²) in [7, 11) is 4.29. The number of carbonyl (C=O) groups is 1. The van der Waals surface area contributed by atoms with E-state index in [1.165, 1.54) is 19.5 Å². The average molecular weight is 311 g/mol. The first kappa shape index (κ1) is 13.6. The molecule has 1 saturated heterocycles. The Labute approximate surface area is 117 Å². The van der Waals surface area contributed by atoms with Gasteiger partial charge in [0.05, 0.1) is 5.69 Å². The van der Waals surface area contributed by atoms with Gasteiger partial charge in [-0.2, -0.15) is 0 Å². The van der Waals surface area contributed by atoms with Gasteiger partial charge in [0.2, 0.25) is 0 Å². The van der Waals surface area contributed by atoms with Crippen LogP contribution in [0.3, 0.4) is 0 Å². The fraction of sp³-hybridized carbons (Fsp3) is 0.500. The van der Waals surface area contributed by atoms with Gasteiger partial charge in [-0.3, -0.25) is 4.79 Å². The first-order valence-electron chi connectivity index (χ1n) is 6.24. The van der Waals surface area contributed by atoms with Crippen LogP contribution in [0.5, 0.6) is 0 Å². The summed E-state index contributed by atoms with van der Waals surface area (Å²) >= 11 is 3.54. The third kappa shape index (κ3) is 3.12. The molecule has 3 nitrogen and oxygen atoms in total. The molecule has 0 aliphatic carbocycles. The number of likely N-dealkylation sites (tertiary alicyclic amines) is 1. The highest BCUT2D eigenvalue weighted by atomic mass is 79.9. The number of hydrogen-bond acceptors (Lipinski definition) is 3. The highest BCUT2D eigenvalue weighted by molar-refractivity contribution is 9.10. The molecule has 1 heterocycles. The van der Waals surface area contributed by atoms with E-state index < -0.39 is 0 Å². The van der Waals surface area contributed by atoms with Crippen molar-refractivity contribution in [3.63, 3.8) is 0 Å². The molecule has 0 amide bonds. The Hall–Kier alpha value is -0.870. The van der Waals surface area contributed by atoms with Gasteiger partial charge in [-0.05, 0) is 60.1 Å². The van der Waals surface area contributed by atoms with Gasteiger partial charge in [-0.1, -0.05) is 0 Å². The average Bonchev–Trinajstić information content (AvgIpc) is 2.74. The van der Waals surface area contributed by atoms with Crippen molar-refractivity contribution in [2.24, 2.45) is 5.92 Å². The zero-order valence-corrected chi connectivity index (χ0v) is 12.5. The summed E-state index contributed by atoms with van der Waals surface area (Å²) in [6, 6.07) is 5.75. The van der Waals surface area contributed by atoms with Gasteiger partial charge < -0.3 is 9.80 Å². The molecule has 1 aliphatic heterocycles. The van der Waals surface area contributed by atoms with E-state index >= 15 is 0 Å². The first-order valence-corrected chi connectivity index (χ1v) is 7.04. The quantitative estimate of drug-likeness (QED) is 0.799. The number of carbonyl (C=O) groups excluding carboxylic acids is 1. The largest absolute Gasteiger partial charge is 0.373 e. The van der Waals surface area contributed by atoms with E-state index in [9.17, 15) is 4.79 Å². The van der Waals surface area contributed by atoms with Crippen molar-refractivity contribution in [2.75, 3.05) is 38.6 Å². The third-order valence-corrected chi connectivity index (χ3v) is 4.18. The molecule has 18 heavy (non-hydrogen) atoms. The Kier molecular flexibility index (Phi) is 4.40. The summed E-state index contributed by atoms with van der Waals surface area (Å²) < 4.78 is 0.987. The minimum Gasteiger partial charge on any atom is -0.373 e. The Bertz CT molecular complexity index is 436. The molecular formula is C14H19BrN2O. The van der Waals surface area contributed by atoms with Crippen LogP contribution in [-0.2, 0) is 0 Å². The van der Waals surface area contributed by atoms with Crippen LogP contribution in [0.1, 0.15) is 16.8 Å². The molecule has 0 N–H and O–H groups in total. The molecule has 1 fully saturated rings. The highest BCUT2D eigenvalue weighted by Gasteiger charge is 2.21. The monoisotopic (exact) mass is 310 g/mol. The van der Waals surface area contributed by atoms with Gasteiger partial charge in [0.15, 0.2) is 0 Å². The summed E-state index contributed by atoms with van der Waals surface area (Å²) in [4.78, 5) is 15.4. The van der Waals surface area contributed by atoms with Crippen molar-refractivity contribution >= 4 is 27.9 Å². The summed E-state index contributed by atoms with van der Waals surface area (Å²) in [5.41, 5.74) is 1.86. The molecule has 1 unspecified atom stereocenters. The fourth-order valence-electron chi connectivity index (χ4n) is 2.57. The number of benzene rings is 1. The summed E-state index contributed by atoms with van der Waals surface area (Å²) in [6.07, 6.45) is 2.14.